The lowest BCUT2D eigenvalue weighted by Gasteiger charge is -2.36. The lowest BCUT2D eigenvalue weighted by Crippen LogP contribution is -2.39. The minimum atomic E-state index is -0.936. The van der Waals surface area contributed by atoms with Crippen LogP contribution in [0.2, 0.25) is 0 Å². The second-order valence-electron chi connectivity index (χ2n) is 7.77. The van der Waals surface area contributed by atoms with Gasteiger partial charge in [-0.1, -0.05) is 6.07 Å². The van der Waals surface area contributed by atoms with Crippen LogP contribution in [0.3, 0.4) is 0 Å². The number of carboxylic acid groups (broad SMARTS) is 1. The molecule has 0 aliphatic carbocycles. The number of aromatic nitrogens is 1. The highest BCUT2D eigenvalue weighted by Gasteiger charge is 2.25. The van der Waals surface area contributed by atoms with Crippen LogP contribution >= 0.6 is 0 Å². The number of hydrogen-bond acceptors (Lipinski definition) is 6. The monoisotopic (exact) mass is 449 g/mol. The lowest BCUT2D eigenvalue weighted by molar-refractivity contribution is -0.137. The number of ether oxygens (including phenoxy) is 2. The van der Waals surface area contributed by atoms with Crippen LogP contribution < -0.4 is 10.2 Å². The average Bonchev–Trinajstić information content (AvgIpc) is 2.77. The van der Waals surface area contributed by atoms with Crippen molar-refractivity contribution in [1.82, 2.24) is 4.98 Å². The zero-order valence-electron chi connectivity index (χ0n) is 18.3. The number of hydrogen-bond donors (Lipinski definition) is 2. The Labute approximate surface area is 186 Å². The van der Waals surface area contributed by atoms with Gasteiger partial charge in [0.25, 0.3) is 0 Å². The van der Waals surface area contributed by atoms with Gasteiger partial charge in [0.1, 0.15) is 5.82 Å². The molecule has 0 unspecified atom stereocenters. The topological polar surface area (TPSA) is 83.9 Å². The molecule has 2 aromatic rings. The molecule has 1 atom stereocenters. The van der Waals surface area contributed by atoms with Crippen molar-refractivity contribution in [1.29, 1.82) is 0 Å². The number of anilines is 3. The summed E-state index contributed by atoms with van der Waals surface area (Å²) in [6.07, 6.45) is 2.57. The summed E-state index contributed by atoms with van der Waals surface area (Å²) in [5, 5.41) is 12.3. The molecule has 3 rings (SSSR count). The third-order valence-corrected chi connectivity index (χ3v) is 5.62. The van der Waals surface area contributed by atoms with E-state index >= 15 is 0 Å². The number of aliphatic carboxylic acids is 1. The second kappa shape index (κ2) is 11.2. The van der Waals surface area contributed by atoms with E-state index in [0.717, 1.165) is 36.4 Å². The van der Waals surface area contributed by atoms with E-state index in [9.17, 15) is 18.7 Å². The number of rotatable bonds is 10. The molecular weight excluding hydrogens is 420 g/mol. The number of carboxylic acids is 1. The maximum atomic E-state index is 14.4. The van der Waals surface area contributed by atoms with Gasteiger partial charge in [0.15, 0.2) is 11.6 Å². The van der Waals surface area contributed by atoms with Crippen LogP contribution in [0, 0.1) is 11.6 Å². The number of nitrogens with one attached hydrogen (secondary N) is 1. The lowest BCUT2D eigenvalue weighted by atomic mass is 9.95. The normalized spacial score (nSPS) is 15.4. The first kappa shape index (κ1) is 23.9. The molecule has 1 aromatic carbocycles. The zero-order chi connectivity index (χ0) is 23.1. The summed E-state index contributed by atoms with van der Waals surface area (Å²) in [5.74, 6) is -2.99. The summed E-state index contributed by atoms with van der Waals surface area (Å²) in [6.45, 7) is 4.33. The van der Waals surface area contributed by atoms with Crippen LogP contribution in [0.4, 0.5) is 26.0 Å². The third-order valence-electron chi connectivity index (χ3n) is 5.62. The van der Waals surface area contributed by atoms with Gasteiger partial charge in [-0.05, 0) is 37.5 Å². The fraction of sp³-hybridized carbons (Fsp3) is 0.478. The molecule has 0 radical (unpaired) electrons. The Kier molecular flexibility index (Phi) is 8.35. The minimum absolute atomic E-state index is 0.102. The molecule has 9 heteroatoms. The van der Waals surface area contributed by atoms with Gasteiger partial charge in [-0.2, -0.15) is 0 Å². The van der Waals surface area contributed by atoms with Gasteiger partial charge in [-0.25, -0.2) is 13.8 Å². The van der Waals surface area contributed by atoms with Gasteiger partial charge in [0.05, 0.1) is 30.6 Å². The van der Waals surface area contributed by atoms with E-state index in [1.54, 1.807) is 6.07 Å². The van der Waals surface area contributed by atoms with Gasteiger partial charge < -0.3 is 24.8 Å². The first-order valence-electron chi connectivity index (χ1n) is 10.7. The third kappa shape index (κ3) is 5.92. The number of benzene rings is 1. The highest BCUT2D eigenvalue weighted by atomic mass is 19.1. The van der Waals surface area contributed by atoms with Gasteiger partial charge in [-0.15, -0.1) is 0 Å². The molecule has 2 heterocycles. The standard InChI is InChI=1S/C23H29F2N3O4/c1-3-28(18-6-8-32-9-7-18)21-5-4-15(16(14-31-2)11-22(29)30)10-20(21)27-23-19(25)12-17(24)13-26-23/h4-5,10,12-13,16,18H,3,6-9,11,14H2,1-2H3,(H,26,27)(H,29,30)/t16-/m0/s1. The van der Waals surface area contributed by atoms with Gasteiger partial charge in [0.2, 0.25) is 0 Å². The molecule has 0 spiro atoms. The maximum Gasteiger partial charge on any atom is 0.304 e. The number of halogens is 2. The highest BCUT2D eigenvalue weighted by Crippen LogP contribution is 2.36. The van der Waals surface area contributed by atoms with Gasteiger partial charge in [0, 0.05) is 44.9 Å². The molecule has 1 fully saturated rings. The summed E-state index contributed by atoms with van der Waals surface area (Å²) in [6, 6.07) is 6.60. The first-order valence-corrected chi connectivity index (χ1v) is 10.7. The molecule has 1 saturated heterocycles. The first-order chi connectivity index (χ1) is 15.4. The fourth-order valence-electron chi connectivity index (χ4n) is 4.10. The van der Waals surface area contributed by atoms with Crippen molar-refractivity contribution in [3.63, 3.8) is 0 Å². The fourth-order valence-corrected chi connectivity index (χ4v) is 4.10. The number of carbonyl (C=O) groups is 1. The number of methoxy groups -OCH3 is 1. The summed E-state index contributed by atoms with van der Waals surface area (Å²) in [7, 11) is 1.52. The van der Waals surface area contributed by atoms with Crippen molar-refractivity contribution in [2.45, 2.75) is 38.1 Å². The number of pyridine rings is 1. The molecule has 1 aliphatic rings. The quantitative estimate of drug-likeness (QED) is 0.559. The van der Waals surface area contributed by atoms with Crippen molar-refractivity contribution in [2.75, 3.05) is 43.7 Å². The molecule has 0 amide bonds. The molecule has 0 bridgehead atoms. The predicted octanol–water partition coefficient (Wildman–Crippen LogP) is 4.31. The van der Waals surface area contributed by atoms with E-state index in [4.69, 9.17) is 9.47 Å². The average molecular weight is 449 g/mol. The minimum Gasteiger partial charge on any atom is -0.481 e. The van der Waals surface area contributed by atoms with Crippen LogP contribution in [0.5, 0.6) is 0 Å². The van der Waals surface area contributed by atoms with Crippen molar-refractivity contribution in [3.05, 3.63) is 47.7 Å². The Bertz CT molecular complexity index is 922. The van der Waals surface area contributed by atoms with E-state index in [1.165, 1.54) is 7.11 Å². The van der Waals surface area contributed by atoms with Gasteiger partial charge >= 0.3 is 5.97 Å². The van der Waals surface area contributed by atoms with E-state index in [2.05, 4.69) is 15.2 Å². The molecule has 1 aliphatic heterocycles. The van der Waals surface area contributed by atoms with Crippen molar-refractivity contribution in [3.8, 4) is 0 Å². The summed E-state index contributed by atoms with van der Waals surface area (Å²) >= 11 is 0. The molecular formula is C23H29F2N3O4. The van der Waals surface area contributed by atoms with Gasteiger partial charge in [-0.3, -0.25) is 4.79 Å². The maximum absolute atomic E-state index is 14.4. The molecule has 32 heavy (non-hydrogen) atoms. The van der Waals surface area contributed by atoms with Crippen LogP contribution in [0.15, 0.2) is 30.5 Å². The van der Waals surface area contributed by atoms with Crippen molar-refractivity contribution >= 4 is 23.2 Å². The Morgan fingerprint density at radius 2 is 2.09 bits per heavy atom. The summed E-state index contributed by atoms with van der Waals surface area (Å²) < 4.78 is 38.4. The van der Waals surface area contributed by atoms with Crippen LogP contribution in [0.1, 0.15) is 37.7 Å². The van der Waals surface area contributed by atoms with Crippen LogP contribution in [0.25, 0.3) is 0 Å². The van der Waals surface area contributed by atoms with Crippen molar-refractivity contribution < 1.29 is 28.2 Å². The van der Waals surface area contributed by atoms with E-state index in [-0.39, 0.29) is 30.8 Å². The smallest absolute Gasteiger partial charge is 0.304 e. The molecule has 174 valence electrons. The summed E-state index contributed by atoms with van der Waals surface area (Å²) in [4.78, 5) is 17.4. The van der Waals surface area contributed by atoms with Crippen molar-refractivity contribution in [2.24, 2.45) is 0 Å². The highest BCUT2D eigenvalue weighted by molar-refractivity contribution is 5.76. The second-order valence-corrected chi connectivity index (χ2v) is 7.77. The Morgan fingerprint density at radius 1 is 1.34 bits per heavy atom. The van der Waals surface area contributed by atoms with E-state index < -0.39 is 17.6 Å². The molecule has 2 N–H and O–H groups in total. The summed E-state index contributed by atoms with van der Waals surface area (Å²) in [5.41, 5.74) is 2.14. The zero-order valence-corrected chi connectivity index (χ0v) is 18.3. The predicted molar refractivity (Wildman–Crippen MR) is 118 cm³/mol. The molecule has 7 nitrogen and oxygen atoms in total. The SMILES string of the molecule is CCN(c1ccc([C@H](COC)CC(=O)O)cc1Nc1ncc(F)cc1F)C1CCOCC1. The molecule has 0 saturated carbocycles. The molecule has 1 aromatic heterocycles. The van der Waals surface area contributed by atoms with Crippen LogP contribution in [-0.2, 0) is 14.3 Å². The Morgan fingerprint density at radius 3 is 2.72 bits per heavy atom. The van der Waals surface area contributed by atoms with E-state index in [1.807, 2.05) is 19.1 Å². The van der Waals surface area contributed by atoms with Crippen LogP contribution in [-0.4, -0.2) is 55.6 Å². The largest absolute Gasteiger partial charge is 0.481 e. The Balaban J connectivity index is 2.03. The van der Waals surface area contributed by atoms with E-state index in [0.29, 0.717) is 25.4 Å². The Hall–Kier alpha value is -2.78. The number of nitrogens with zero attached hydrogens (tertiary/aromatic N) is 2.